The Bertz CT molecular complexity index is 378. The molecular formula is C14H21NO2. The lowest BCUT2D eigenvalue weighted by Crippen LogP contribution is -2.22. The highest BCUT2D eigenvalue weighted by Gasteiger charge is 2.20. The van der Waals surface area contributed by atoms with Gasteiger partial charge in [0.05, 0.1) is 19.8 Å². The molecule has 1 aliphatic heterocycles. The van der Waals surface area contributed by atoms with Crippen molar-refractivity contribution in [1.29, 1.82) is 0 Å². The first-order valence-electron chi connectivity index (χ1n) is 6.17. The lowest BCUT2D eigenvalue weighted by atomic mass is 10.1. The van der Waals surface area contributed by atoms with Crippen LogP contribution in [0.15, 0.2) is 18.2 Å². The molecule has 2 unspecified atom stereocenters. The summed E-state index contributed by atoms with van der Waals surface area (Å²) in [4.78, 5) is 0. The van der Waals surface area contributed by atoms with Crippen LogP contribution in [0.1, 0.15) is 24.2 Å². The Balaban J connectivity index is 2.22. The van der Waals surface area contributed by atoms with E-state index in [1.807, 2.05) is 6.07 Å². The van der Waals surface area contributed by atoms with E-state index in [0.717, 1.165) is 31.0 Å². The molecule has 17 heavy (non-hydrogen) atoms. The van der Waals surface area contributed by atoms with Crippen LogP contribution in [-0.2, 0) is 4.74 Å². The summed E-state index contributed by atoms with van der Waals surface area (Å²) in [5, 5.41) is 3.44. The summed E-state index contributed by atoms with van der Waals surface area (Å²) in [6, 6.07) is 6.23. The van der Waals surface area contributed by atoms with Gasteiger partial charge in [0.15, 0.2) is 0 Å². The van der Waals surface area contributed by atoms with Crippen LogP contribution in [0, 0.1) is 12.8 Å². The fourth-order valence-corrected chi connectivity index (χ4v) is 2.16. The quantitative estimate of drug-likeness (QED) is 0.853. The van der Waals surface area contributed by atoms with Crippen LogP contribution < -0.4 is 10.1 Å². The third-order valence-electron chi connectivity index (χ3n) is 3.14. The first-order valence-corrected chi connectivity index (χ1v) is 6.17. The van der Waals surface area contributed by atoms with Crippen molar-refractivity contribution < 1.29 is 9.47 Å². The molecule has 0 radical (unpaired) electrons. The van der Waals surface area contributed by atoms with E-state index in [1.165, 1.54) is 5.56 Å². The van der Waals surface area contributed by atoms with Gasteiger partial charge in [0.1, 0.15) is 5.75 Å². The number of nitrogens with one attached hydrogen (secondary N) is 1. The highest BCUT2D eigenvalue weighted by molar-refractivity contribution is 5.38. The van der Waals surface area contributed by atoms with E-state index >= 15 is 0 Å². The molecule has 1 fully saturated rings. The number of hydrogen-bond donors (Lipinski definition) is 1. The van der Waals surface area contributed by atoms with E-state index < -0.39 is 0 Å². The Labute approximate surface area is 103 Å². The summed E-state index contributed by atoms with van der Waals surface area (Å²) in [6.07, 6.45) is 0.0924. The smallest absolute Gasteiger partial charge is 0.124 e. The van der Waals surface area contributed by atoms with Crippen molar-refractivity contribution in [3.05, 3.63) is 29.3 Å². The van der Waals surface area contributed by atoms with Crippen molar-refractivity contribution >= 4 is 0 Å². The zero-order chi connectivity index (χ0) is 12.3. The Kier molecular flexibility index (Phi) is 4.02. The molecule has 1 heterocycles. The van der Waals surface area contributed by atoms with Crippen LogP contribution in [0.25, 0.3) is 0 Å². The summed E-state index contributed by atoms with van der Waals surface area (Å²) >= 11 is 0. The number of hydrogen-bond acceptors (Lipinski definition) is 3. The monoisotopic (exact) mass is 235 g/mol. The van der Waals surface area contributed by atoms with Gasteiger partial charge in [-0.1, -0.05) is 18.6 Å². The van der Waals surface area contributed by atoms with Gasteiger partial charge in [0.25, 0.3) is 0 Å². The number of methoxy groups -OCH3 is 1. The molecule has 1 aromatic rings. The van der Waals surface area contributed by atoms with Gasteiger partial charge in [-0.15, -0.1) is 0 Å². The highest BCUT2D eigenvalue weighted by atomic mass is 16.5. The second kappa shape index (κ2) is 5.52. The average Bonchev–Trinajstić information content (AvgIpc) is 2.54. The van der Waals surface area contributed by atoms with Crippen LogP contribution in [-0.4, -0.2) is 26.8 Å². The molecule has 1 aliphatic rings. The van der Waals surface area contributed by atoms with Crippen LogP contribution in [0.3, 0.4) is 0 Å². The summed E-state index contributed by atoms with van der Waals surface area (Å²) in [7, 11) is 1.71. The van der Waals surface area contributed by atoms with Gasteiger partial charge in [-0.05, 0) is 25.0 Å². The molecule has 2 atom stereocenters. The average molecular weight is 235 g/mol. The van der Waals surface area contributed by atoms with Gasteiger partial charge < -0.3 is 14.8 Å². The minimum absolute atomic E-state index is 0.0924. The molecular weight excluding hydrogens is 214 g/mol. The van der Waals surface area contributed by atoms with Gasteiger partial charge in [-0.2, -0.15) is 0 Å². The van der Waals surface area contributed by atoms with Gasteiger partial charge in [0, 0.05) is 18.7 Å². The molecule has 0 amide bonds. The molecule has 0 bridgehead atoms. The van der Waals surface area contributed by atoms with Gasteiger partial charge in [0.2, 0.25) is 0 Å². The Morgan fingerprint density at radius 3 is 2.94 bits per heavy atom. The van der Waals surface area contributed by atoms with E-state index in [0.29, 0.717) is 5.92 Å². The van der Waals surface area contributed by atoms with Gasteiger partial charge in [-0.3, -0.25) is 0 Å². The third kappa shape index (κ3) is 2.99. The first-order chi connectivity index (χ1) is 8.20. The summed E-state index contributed by atoms with van der Waals surface area (Å²) in [6.45, 7) is 6.96. The van der Waals surface area contributed by atoms with Crippen molar-refractivity contribution in [2.75, 3.05) is 26.8 Å². The summed E-state index contributed by atoms with van der Waals surface area (Å²) < 4.78 is 11.4. The van der Waals surface area contributed by atoms with Gasteiger partial charge >= 0.3 is 0 Å². The van der Waals surface area contributed by atoms with Crippen molar-refractivity contribution in [2.24, 2.45) is 5.92 Å². The number of benzene rings is 1. The minimum Gasteiger partial charge on any atom is -0.496 e. The maximum Gasteiger partial charge on any atom is 0.124 e. The molecule has 94 valence electrons. The largest absolute Gasteiger partial charge is 0.496 e. The second-order valence-electron chi connectivity index (χ2n) is 4.83. The fraction of sp³-hybridized carbons (Fsp3) is 0.571. The predicted octanol–water partition coefficient (Wildman–Crippen LogP) is 2.30. The lowest BCUT2D eigenvalue weighted by Gasteiger charge is -2.19. The van der Waals surface area contributed by atoms with E-state index in [2.05, 4.69) is 31.3 Å². The van der Waals surface area contributed by atoms with Crippen LogP contribution in [0.2, 0.25) is 0 Å². The Morgan fingerprint density at radius 1 is 1.35 bits per heavy atom. The van der Waals surface area contributed by atoms with Crippen LogP contribution in [0.5, 0.6) is 5.75 Å². The fourth-order valence-electron chi connectivity index (χ4n) is 2.16. The Hall–Kier alpha value is -1.06. The zero-order valence-electron chi connectivity index (χ0n) is 10.8. The minimum atomic E-state index is 0.0924. The highest BCUT2D eigenvalue weighted by Crippen LogP contribution is 2.29. The molecule has 1 aromatic carbocycles. The summed E-state index contributed by atoms with van der Waals surface area (Å²) in [5.41, 5.74) is 2.38. The maximum absolute atomic E-state index is 5.96. The number of ether oxygens (including phenoxy) is 2. The third-order valence-corrected chi connectivity index (χ3v) is 3.14. The van der Waals surface area contributed by atoms with Crippen LogP contribution >= 0.6 is 0 Å². The standard InChI is InChI=1S/C14H21NO2/c1-10-4-5-13(16-3)12(6-10)14-8-15-7-11(2)9-17-14/h4-6,11,14-15H,7-9H2,1-3H3. The molecule has 0 spiro atoms. The van der Waals surface area contributed by atoms with Crippen molar-refractivity contribution in [3.8, 4) is 5.75 Å². The molecule has 3 heteroatoms. The molecule has 0 aliphatic carbocycles. The molecule has 1 N–H and O–H groups in total. The van der Waals surface area contributed by atoms with E-state index in [1.54, 1.807) is 7.11 Å². The summed E-state index contributed by atoms with van der Waals surface area (Å²) in [5.74, 6) is 1.48. The second-order valence-corrected chi connectivity index (χ2v) is 4.83. The molecule has 3 nitrogen and oxygen atoms in total. The first kappa shape index (κ1) is 12.4. The SMILES string of the molecule is COc1ccc(C)cc1C1CNCC(C)CO1. The maximum atomic E-state index is 5.96. The van der Waals surface area contributed by atoms with Crippen molar-refractivity contribution in [1.82, 2.24) is 5.32 Å². The van der Waals surface area contributed by atoms with Gasteiger partial charge in [-0.25, -0.2) is 0 Å². The van der Waals surface area contributed by atoms with Crippen molar-refractivity contribution in [2.45, 2.75) is 20.0 Å². The predicted molar refractivity (Wildman–Crippen MR) is 68.5 cm³/mol. The number of aryl methyl sites for hydroxylation is 1. The topological polar surface area (TPSA) is 30.5 Å². The molecule has 1 saturated heterocycles. The molecule has 2 rings (SSSR count). The van der Waals surface area contributed by atoms with Crippen LogP contribution in [0.4, 0.5) is 0 Å². The van der Waals surface area contributed by atoms with E-state index in [9.17, 15) is 0 Å². The van der Waals surface area contributed by atoms with E-state index in [-0.39, 0.29) is 6.10 Å². The van der Waals surface area contributed by atoms with E-state index in [4.69, 9.17) is 9.47 Å². The lowest BCUT2D eigenvalue weighted by molar-refractivity contribution is 0.0499. The normalized spacial score (nSPS) is 25.4. The zero-order valence-corrected chi connectivity index (χ0v) is 10.8. The molecule has 0 aromatic heterocycles. The molecule has 0 saturated carbocycles. The number of rotatable bonds is 2. The van der Waals surface area contributed by atoms with Crippen molar-refractivity contribution in [3.63, 3.8) is 0 Å². The Morgan fingerprint density at radius 2 is 2.18 bits per heavy atom.